The normalized spacial score (nSPS) is 29.9. The highest BCUT2D eigenvalue weighted by molar-refractivity contribution is 5.83. The Bertz CT molecular complexity index is 1050. The highest BCUT2D eigenvalue weighted by atomic mass is 19.4. The highest BCUT2D eigenvalue weighted by Gasteiger charge is 2.48. The van der Waals surface area contributed by atoms with E-state index in [2.05, 4.69) is 4.90 Å². The molecular weight excluding hydrogens is 502 g/mol. The molecule has 1 aromatic rings. The molecule has 4 aliphatic rings. The lowest BCUT2D eigenvalue weighted by atomic mass is 9.88. The van der Waals surface area contributed by atoms with Crippen molar-refractivity contribution in [3.8, 4) is 0 Å². The molecule has 4 fully saturated rings. The zero-order valence-corrected chi connectivity index (χ0v) is 21.9. The van der Waals surface area contributed by atoms with Gasteiger partial charge < -0.3 is 14.9 Å². The molecule has 3 atom stereocenters. The molecule has 1 amide bonds. The third kappa shape index (κ3) is 5.25. The van der Waals surface area contributed by atoms with Crippen LogP contribution in [0.4, 0.5) is 23.2 Å². The summed E-state index contributed by atoms with van der Waals surface area (Å²) in [5.74, 6) is -2.25. The summed E-state index contributed by atoms with van der Waals surface area (Å²) in [6.45, 7) is 4.12. The maximum Gasteiger partial charge on any atom is 0.416 e. The average molecular weight is 540 g/mol. The quantitative estimate of drug-likeness (QED) is 0.538. The van der Waals surface area contributed by atoms with E-state index in [1.54, 1.807) is 9.80 Å². The molecule has 10 heteroatoms. The maximum atomic E-state index is 15.5. The maximum absolute atomic E-state index is 15.5. The van der Waals surface area contributed by atoms with Crippen LogP contribution in [-0.2, 0) is 15.8 Å². The summed E-state index contributed by atoms with van der Waals surface area (Å²) in [4.78, 5) is 30.7. The van der Waals surface area contributed by atoms with Gasteiger partial charge in [0.1, 0.15) is 6.17 Å². The largest absolute Gasteiger partial charge is 0.481 e. The fraction of sp³-hybridized carbons (Fsp3) is 0.714. The van der Waals surface area contributed by atoms with Gasteiger partial charge in [-0.3, -0.25) is 14.5 Å². The number of carbonyl (C=O) groups excluding carboxylic acids is 1. The zero-order chi connectivity index (χ0) is 27.2. The number of benzene rings is 1. The van der Waals surface area contributed by atoms with E-state index >= 15 is 4.39 Å². The molecule has 1 N–H and O–H groups in total. The summed E-state index contributed by atoms with van der Waals surface area (Å²) in [6.07, 6.45) is 0.156. The van der Waals surface area contributed by atoms with Crippen LogP contribution in [0, 0.1) is 11.3 Å². The topological polar surface area (TPSA) is 64.1 Å². The van der Waals surface area contributed by atoms with E-state index in [0.29, 0.717) is 36.7 Å². The van der Waals surface area contributed by atoms with Gasteiger partial charge in [0, 0.05) is 43.8 Å². The number of alkyl halides is 4. The number of hydrogen-bond donors (Lipinski definition) is 1. The predicted molar refractivity (Wildman–Crippen MR) is 135 cm³/mol. The number of carboxylic acid groups (broad SMARTS) is 1. The lowest BCUT2D eigenvalue weighted by molar-refractivity contribution is -0.142. The van der Waals surface area contributed by atoms with Gasteiger partial charge in [-0.25, -0.2) is 4.39 Å². The second-order valence-electron chi connectivity index (χ2n) is 11.9. The number of amides is 1. The number of hydrogen-bond acceptors (Lipinski definition) is 4. The Kier molecular flexibility index (Phi) is 7.39. The third-order valence-corrected chi connectivity index (χ3v) is 9.34. The second kappa shape index (κ2) is 10.3. The van der Waals surface area contributed by atoms with Crippen molar-refractivity contribution in [1.82, 2.24) is 9.80 Å². The predicted octanol–water partition coefficient (Wildman–Crippen LogP) is 4.92. The SMILES string of the molecule is CC1(C(=O)N2CC(F)C(c3ccc(C(F)(F)F)cc3N3CCC(C(=O)O)CC3)C2)CCN(C2CCCC2)C1. The Morgan fingerprint density at radius 2 is 1.71 bits per heavy atom. The Morgan fingerprint density at radius 1 is 1.03 bits per heavy atom. The van der Waals surface area contributed by atoms with Crippen molar-refractivity contribution >= 4 is 17.6 Å². The highest BCUT2D eigenvalue weighted by Crippen LogP contribution is 2.43. The fourth-order valence-corrected chi connectivity index (χ4v) is 7.03. The van der Waals surface area contributed by atoms with Crippen molar-refractivity contribution in [2.45, 2.75) is 76.2 Å². The summed E-state index contributed by atoms with van der Waals surface area (Å²) in [7, 11) is 0. The smallest absolute Gasteiger partial charge is 0.416 e. The molecule has 3 unspecified atom stereocenters. The molecule has 1 aromatic carbocycles. The number of carboxylic acids is 1. The monoisotopic (exact) mass is 539 g/mol. The van der Waals surface area contributed by atoms with Gasteiger partial charge in [0.2, 0.25) is 5.91 Å². The summed E-state index contributed by atoms with van der Waals surface area (Å²) >= 11 is 0. The van der Waals surface area contributed by atoms with Crippen LogP contribution in [0.3, 0.4) is 0 Å². The van der Waals surface area contributed by atoms with Gasteiger partial charge in [0.05, 0.1) is 23.4 Å². The number of nitrogens with zero attached hydrogens (tertiary/aromatic N) is 3. The third-order valence-electron chi connectivity index (χ3n) is 9.34. The summed E-state index contributed by atoms with van der Waals surface area (Å²) in [5.41, 5.74) is -0.647. The Morgan fingerprint density at radius 3 is 2.34 bits per heavy atom. The minimum absolute atomic E-state index is 0.0654. The number of halogens is 4. The molecule has 0 radical (unpaired) electrons. The van der Waals surface area contributed by atoms with Crippen LogP contribution >= 0.6 is 0 Å². The van der Waals surface area contributed by atoms with E-state index < -0.39 is 41.1 Å². The standard InChI is InChI=1S/C28H37F4N3O3/c1-27(10-13-34(17-27)20-4-2-3-5-20)26(38)35-15-22(23(29)16-35)21-7-6-19(28(30,31)32)14-24(21)33-11-8-18(9-12-33)25(36)37/h6-7,14,18,20,22-23H,2-5,8-13,15-17H2,1H3,(H,36,37). The minimum Gasteiger partial charge on any atom is -0.481 e. The van der Waals surface area contributed by atoms with Crippen molar-refractivity contribution in [3.05, 3.63) is 29.3 Å². The molecular formula is C28H37F4N3O3. The van der Waals surface area contributed by atoms with Gasteiger partial charge in [-0.15, -0.1) is 0 Å². The number of aliphatic carboxylic acids is 1. The average Bonchev–Trinajstić information content (AvgIpc) is 3.63. The molecule has 0 spiro atoms. The first kappa shape index (κ1) is 27.2. The van der Waals surface area contributed by atoms with E-state index in [-0.39, 0.29) is 32.1 Å². The van der Waals surface area contributed by atoms with E-state index in [1.165, 1.54) is 18.9 Å². The molecule has 3 saturated heterocycles. The van der Waals surface area contributed by atoms with Crippen LogP contribution in [0.5, 0.6) is 0 Å². The fourth-order valence-electron chi connectivity index (χ4n) is 7.03. The number of likely N-dealkylation sites (tertiary alicyclic amines) is 2. The molecule has 6 nitrogen and oxygen atoms in total. The molecule has 5 rings (SSSR count). The van der Waals surface area contributed by atoms with Gasteiger partial charge in [0.25, 0.3) is 0 Å². The van der Waals surface area contributed by atoms with Gasteiger partial charge in [-0.2, -0.15) is 13.2 Å². The Hall–Kier alpha value is -2.36. The van der Waals surface area contributed by atoms with Crippen molar-refractivity contribution in [2.24, 2.45) is 11.3 Å². The lowest BCUT2D eigenvalue weighted by Crippen LogP contribution is -2.44. The lowest BCUT2D eigenvalue weighted by Gasteiger charge is -2.35. The van der Waals surface area contributed by atoms with E-state index in [0.717, 1.165) is 37.9 Å². The Balaban J connectivity index is 1.35. The molecule has 1 saturated carbocycles. The second-order valence-corrected chi connectivity index (χ2v) is 11.9. The van der Waals surface area contributed by atoms with Crippen LogP contribution in [-0.4, -0.2) is 78.3 Å². The van der Waals surface area contributed by atoms with Crippen molar-refractivity contribution in [2.75, 3.05) is 44.2 Å². The zero-order valence-electron chi connectivity index (χ0n) is 21.9. The molecule has 38 heavy (non-hydrogen) atoms. The molecule has 0 bridgehead atoms. The number of anilines is 1. The van der Waals surface area contributed by atoms with Crippen LogP contribution in [0.15, 0.2) is 18.2 Å². The Labute approximate surface area is 220 Å². The van der Waals surface area contributed by atoms with Gasteiger partial charge >= 0.3 is 12.1 Å². The van der Waals surface area contributed by atoms with Gasteiger partial charge in [-0.05, 0) is 63.3 Å². The molecule has 1 aliphatic carbocycles. The van der Waals surface area contributed by atoms with Crippen molar-refractivity contribution in [1.29, 1.82) is 0 Å². The number of rotatable bonds is 5. The molecule has 3 heterocycles. The van der Waals surface area contributed by atoms with Crippen LogP contribution < -0.4 is 4.90 Å². The van der Waals surface area contributed by atoms with E-state index in [4.69, 9.17) is 0 Å². The molecule has 210 valence electrons. The first-order valence-corrected chi connectivity index (χ1v) is 13.8. The van der Waals surface area contributed by atoms with Crippen LogP contribution in [0.25, 0.3) is 0 Å². The number of carbonyl (C=O) groups is 2. The molecule has 3 aliphatic heterocycles. The summed E-state index contributed by atoms with van der Waals surface area (Å²) < 4.78 is 56.3. The first-order valence-electron chi connectivity index (χ1n) is 13.8. The van der Waals surface area contributed by atoms with Gasteiger partial charge in [-0.1, -0.05) is 18.9 Å². The van der Waals surface area contributed by atoms with Gasteiger partial charge in [0.15, 0.2) is 0 Å². The first-order chi connectivity index (χ1) is 18.0. The van der Waals surface area contributed by atoms with Crippen LogP contribution in [0.2, 0.25) is 0 Å². The van der Waals surface area contributed by atoms with Crippen molar-refractivity contribution in [3.63, 3.8) is 0 Å². The molecule has 0 aromatic heterocycles. The van der Waals surface area contributed by atoms with Crippen molar-refractivity contribution < 1.29 is 32.3 Å². The number of piperidine rings is 1. The summed E-state index contributed by atoms with van der Waals surface area (Å²) in [6, 6.07) is 3.92. The van der Waals surface area contributed by atoms with Crippen LogP contribution in [0.1, 0.15) is 68.9 Å². The van der Waals surface area contributed by atoms with E-state index in [9.17, 15) is 27.9 Å². The minimum atomic E-state index is -4.55. The summed E-state index contributed by atoms with van der Waals surface area (Å²) in [5, 5.41) is 9.32. The van der Waals surface area contributed by atoms with E-state index in [1.807, 2.05) is 6.92 Å².